The van der Waals surface area contributed by atoms with Crippen molar-refractivity contribution in [1.82, 2.24) is 0 Å². The van der Waals surface area contributed by atoms with E-state index in [0.717, 1.165) is 0 Å². The smallest absolute Gasteiger partial charge is 0.433 e. The van der Waals surface area contributed by atoms with Crippen LogP contribution in [-0.4, -0.2) is 30.5 Å². The Morgan fingerprint density at radius 1 is 1.40 bits per heavy atom. The lowest BCUT2D eigenvalue weighted by Gasteiger charge is -2.16. The quantitative estimate of drug-likeness (QED) is 0.399. The fourth-order valence-corrected chi connectivity index (χ4v) is 0.827. The lowest BCUT2D eigenvalue weighted by Crippen LogP contribution is -3.00. The maximum Gasteiger partial charge on any atom is 0.433 e. The average Bonchev–Trinajstić information content (AvgIpc) is 2.47. The van der Waals surface area contributed by atoms with Gasteiger partial charge in [0.1, 0.15) is 10.7 Å². The average molecular weight is 277 g/mol. The summed E-state index contributed by atoms with van der Waals surface area (Å²) in [5.74, 6) is 0.260. The molecule has 5 nitrogen and oxygen atoms in total. The van der Waals surface area contributed by atoms with Gasteiger partial charge < -0.3 is 25.9 Å². The van der Waals surface area contributed by atoms with Gasteiger partial charge in [-0.25, -0.2) is 0 Å². The molecule has 0 aliphatic heterocycles. The molecule has 1 aromatic rings. The fraction of sp³-hybridized carbons (Fsp3) is 0.333. The first-order valence-corrected chi connectivity index (χ1v) is 4.13. The molecule has 0 fully saturated rings. The van der Waals surface area contributed by atoms with Crippen molar-refractivity contribution in [2.24, 2.45) is 0 Å². The highest BCUT2D eigenvalue weighted by molar-refractivity contribution is 5.43. The van der Waals surface area contributed by atoms with E-state index >= 15 is 0 Å². The summed E-state index contributed by atoms with van der Waals surface area (Å²) in [6, 6.07) is 2.92. The van der Waals surface area contributed by atoms with E-state index in [4.69, 9.17) is 4.42 Å². The Bertz CT molecular complexity index is 366. The van der Waals surface area contributed by atoms with Crippen LogP contribution in [0.25, 0.3) is 6.08 Å². The number of furan rings is 1. The van der Waals surface area contributed by atoms with Crippen molar-refractivity contribution in [2.75, 3.05) is 21.1 Å². The molecule has 6 heteroatoms. The summed E-state index contributed by atoms with van der Waals surface area (Å²) in [4.78, 5) is 9.75. The Kier molecular flexibility index (Phi) is 4.70. The van der Waals surface area contributed by atoms with Crippen molar-refractivity contribution in [3.63, 3.8) is 0 Å². The first-order chi connectivity index (χ1) is 6.38. The summed E-state index contributed by atoms with van der Waals surface area (Å²) in [6.45, 7) is 0. The van der Waals surface area contributed by atoms with Gasteiger partial charge in [0, 0.05) is 6.08 Å². The van der Waals surface area contributed by atoms with Crippen LogP contribution in [0.15, 0.2) is 22.7 Å². The Balaban J connectivity index is 0.00000196. The molecule has 84 valence electrons. The summed E-state index contributed by atoms with van der Waals surface area (Å²) < 4.78 is 5.58. The molecule has 0 atom stereocenters. The van der Waals surface area contributed by atoms with E-state index < -0.39 is 4.92 Å². The number of hydrogen-bond acceptors (Lipinski definition) is 3. The van der Waals surface area contributed by atoms with Crippen molar-refractivity contribution in [2.45, 2.75) is 0 Å². The minimum absolute atomic E-state index is 0. The molecule has 0 aromatic carbocycles. The van der Waals surface area contributed by atoms with Crippen molar-refractivity contribution in [3.05, 3.63) is 34.2 Å². The third-order valence-electron chi connectivity index (χ3n) is 1.48. The third-order valence-corrected chi connectivity index (χ3v) is 1.48. The van der Waals surface area contributed by atoms with E-state index in [9.17, 15) is 10.1 Å². The molecule has 0 bridgehead atoms. The number of hydrogen-bond donors (Lipinski definition) is 0. The van der Waals surface area contributed by atoms with Gasteiger partial charge in [0.05, 0.1) is 33.4 Å². The van der Waals surface area contributed by atoms with Crippen LogP contribution in [0.1, 0.15) is 5.76 Å². The summed E-state index contributed by atoms with van der Waals surface area (Å²) >= 11 is 0. The molecule has 1 aromatic heterocycles. The first kappa shape index (κ1) is 13.9. The van der Waals surface area contributed by atoms with E-state index in [1.165, 1.54) is 6.07 Å². The molecule has 0 saturated carbocycles. The highest BCUT2D eigenvalue weighted by Crippen LogP contribution is 2.16. The molecule has 0 N–H and O–H groups in total. The van der Waals surface area contributed by atoms with Gasteiger partial charge >= 0.3 is 5.88 Å². The van der Waals surface area contributed by atoms with E-state index in [1.54, 1.807) is 12.1 Å². The minimum atomic E-state index is -0.552. The Morgan fingerprint density at radius 2 is 2.00 bits per heavy atom. The number of rotatable bonds is 3. The minimum Gasteiger partial charge on any atom is -1.00 e. The zero-order valence-electron chi connectivity index (χ0n) is 8.81. The Hall–Kier alpha value is -1.14. The number of nitro groups is 1. The lowest BCUT2D eigenvalue weighted by molar-refractivity contribution is -0.816. The van der Waals surface area contributed by atoms with Crippen LogP contribution in [-0.2, 0) is 0 Å². The standard InChI is InChI=1S/C9H13N2O3.BrH/c1-11(2,3)7-6-8-4-5-9(14-8)10(12)13;/h4-7H,1-3H3;1H/q+1;/p-1/b7-6+;. The van der Waals surface area contributed by atoms with Crippen molar-refractivity contribution in [1.29, 1.82) is 0 Å². The molecular weight excluding hydrogens is 264 g/mol. The zero-order valence-corrected chi connectivity index (χ0v) is 10.4. The van der Waals surface area contributed by atoms with Gasteiger partial charge in [-0.3, -0.25) is 10.1 Å². The third kappa shape index (κ3) is 4.75. The molecule has 15 heavy (non-hydrogen) atoms. The predicted molar refractivity (Wildman–Crippen MR) is 52.4 cm³/mol. The molecule has 0 unspecified atom stereocenters. The summed E-state index contributed by atoms with van der Waals surface area (Å²) in [7, 11) is 5.94. The molecule has 0 radical (unpaired) electrons. The van der Waals surface area contributed by atoms with Crippen LogP contribution < -0.4 is 17.0 Å². The van der Waals surface area contributed by atoms with Crippen molar-refractivity contribution >= 4 is 12.0 Å². The van der Waals surface area contributed by atoms with E-state index in [1.807, 2.05) is 27.3 Å². The zero-order chi connectivity index (χ0) is 10.8. The first-order valence-electron chi connectivity index (χ1n) is 4.13. The van der Waals surface area contributed by atoms with Gasteiger partial charge in [0.2, 0.25) is 0 Å². The molecule has 1 rings (SSSR count). The molecule has 1 heterocycles. The van der Waals surface area contributed by atoms with Gasteiger partial charge in [0.15, 0.2) is 0 Å². The number of quaternary nitrogens is 1. The predicted octanol–water partition coefficient (Wildman–Crippen LogP) is -1.13. The summed E-state index contributed by atoms with van der Waals surface area (Å²) in [6.07, 6.45) is 3.59. The van der Waals surface area contributed by atoms with Crippen molar-refractivity contribution in [3.8, 4) is 0 Å². The van der Waals surface area contributed by atoms with E-state index in [0.29, 0.717) is 10.2 Å². The van der Waals surface area contributed by atoms with Gasteiger partial charge in [0.25, 0.3) is 0 Å². The van der Waals surface area contributed by atoms with Crippen LogP contribution >= 0.6 is 0 Å². The monoisotopic (exact) mass is 276 g/mol. The molecule has 0 spiro atoms. The summed E-state index contributed by atoms with van der Waals surface area (Å²) in [5.41, 5.74) is 0. The van der Waals surface area contributed by atoms with Gasteiger partial charge in [-0.2, -0.15) is 0 Å². The number of nitrogens with zero attached hydrogens (tertiary/aromatic N) is 2. The molecule has 0 saturated heterocycles. The van der Waals surface area contributed by atoms with Gasteiger partial charge in [-0.15, -0.1) is 0 Å². The second-order valence-electron chi connectivity index (χ2n) is 3.87. The van der Waals surface area contributed by atoms with Crippen LogP contribution in [0.4, 0.5) is 5.88 Å². The Morgan fingerprint density at radius 3 is 2.40 bits per heavy atom. The second-order valence-corrected chi connectivity index (χ2v) is 3.87. The molecule has 0 aliphatic rings. The maximum absolute atomic E-state index is 10.3. The van der Waals surface area contributed by atoms with Crippen LogP contribution in [0.5, 0.6) is 0 Å². The number of halogens is 1. The van der Waals surface area contributed by atoms with Crippen molar-refractivity contribution < 1.29 is 30.8 Å². The highest BCUT2D eigenvalue weighted by atomic mass is 79.9. The van der Waals surface area contributed by atoms with Crippen LogP contribution in [0, 0.1) is 10.1 Å². The normalized spacial score (nSPS) is 11.4. The Labute approximate surface area is 98.5 Å². The SMILES string of the molecule is C[N+](C)(C)/C=C/c1ccc([N+](=O)[O-])o1.[Br-]. The molecular formula is C9H13BrN2O3. The van der Waals surface area contributed by atoms with Crippen LogP contribution in [0.3, 0.4) is 0 Å². The van der Waals surface area contributed by atoms with Gasteiger partial charge in [-0.05, 0) is 6.07 Å². The van der Waals surface area contributed by atoms with Gasteiger partial charge in [-0.1, -0.05) is 0 Å². The van der Waals surface area contributed by atoms with E-state index in [-0.39, 0.29) is 22.9 Å². The van der Waals surface area contributed by atoms with E-state index in [2.05, 4.69) is 0 Å². The lowest BCUT2D eigenvalue weighted by atomic mass is 10.4. The highest BCUT2D eigenvalue weighted by Gasteiger charge is 2.10. The summed E-state index contributed by atoms with van der Waals surface area (Å²) in [5, 5.41) is 10.3. The maximum atomic E-state index is 10.3. The fourth-order valence-electron chi connectivity index (χ4n) is 0.827. The van der Waals surface area contributed by atoms with Crippen LogP contribution in [0.2, 0.25) is 0 Å². The topological polar surface area (TPSA) is 56.3 Å². The second kappa shape index (κ2) is 5.09. The largest absolute Gasteiger partial charge is 1.00 e. The molecule has 0 aliphatic carbocycles. The molecule has 0 amide bonds.